The quantitative estimate of drug-likeness (QED) is 0.861. The van der Waals surface area contributed by atoms with Crippen LogP contribution in [0.25, 0.3) is 5.69 Å². The summed E-state index contributed by atoms with van der Waals surface area (Å²) in [5.41, 5.74) is 1.12. The Kier molecular flexibility index (Phi) is 5.21. The molecule has 0 aliphatic rings. The van der Waals surface area contributed by atoms with Crippen molar-refractivity contribution < 1.29 is 9.90 Å². The number of carbonyl (C=O) groups excluding carboxylic acids is 1. The van der Waals surface area contributed by atoms with E-state index in [0.29, 0.717) is 12.1 Å². The number of nitrogens with one attached hydrogen (secondary N) is 1. The van der Waals surface area contributed by atoms with Gasteiger partial charge >= 0.3 is 0 Å². The molecule has 2 N–H and O–H groups in total. The number of hydrogen-bond donors (Lipinski definition) is 2. The van der Waals surface area contributed by atoms with Crippen LogP contribution in [0, 0.1) is 11.3 Å². The first-order chi connectivity index (χ1) is 10.8. The zero-order valence-electron chi connectivity index (χ0n) is 14.2. The van der Waals surface area contributed by atoms with Crippen molar-refractivity contribution in [2.75, 3.05) is 6.54 Å². The summed E-state index contributed by atoms with van der Waals surface area (Å²) in [7, 11) is 0. The average Bonchev–Trinajstić information content (AvgIpc) is 3.06. The van der Waals surface area contributed by atoms with Gasteiger partial charge in [-0.1, -0.05) is 27.7 Å². The summed E-state index contributed by atoms with van der Waals surface area (Å²) < 4.78 is 1.74. The Morgan fingerprint density at radius 3 is 2.48 bits per heavy atom. The lowest BCUT2D eigenvalue weighted by atomic mass is 9.80. The van der Waals surface area contributed by atoms with Gasteiger partial charge in [-0.15, -0.1) is 0 Å². The number of carbonyl (C=O) groups is 1. The molecule has 1 heterocycles. The molecule has 23 heavy (non-hydrogen) atoms. The van der Waals surface area contributed by atoms with Gasteiger partial charge in [0.2, 0.25) is 0 Å². The Balaban J connectivity index is 1.98. The largest absolute Gasteiger partial charge is 0.392 e. The lowest BCUT2D eigenvalue weighted by Gasteiger charge is -2.33. The fourth-order valence-corrected chi connectivity index (χ4v) is 2.60. The molecule has 0 spiro atoms. The molecule has 1 aromatic heterocycles. The normalized spacial score (nSPS) is 13.1. The first-order valence-electron chi connectivity index (χ1n) is 7.87. The highest BCUT2D eigenvalue weighted by atomic mass is 16.3. The second kappa shape index (κ2) is 6.96. The smallest absolute Gasteiger partial charge is 0.251 e. The molecule has 1 aromatic carbocycles. The van der Waals surface area contributed by atoms with E-state index in [0.717, 1.165) is 5.69 Å². The Bertz CT molecular complexity index is 631. The van der Waals surface area contributed by atoms with Crippen LogP contribution in [0.4, 0.5) is 0 Å². The highest BCUT2D eigenvalue weighted by Gasteiger charge is 2.30. The second-order valence-corrected chi connectivity index (χ2v) is 6.86. The Labute approximate surface area is 137 Å². The van der Waals surface area contributed by atoms with Gasteiger partial charge < -0.3 is 10.4 Å². The van der Waals surface area contributed by atoms with Crippen LogP contribution in [0.1, 0.15) is 38.1 Å². The van der Waals surface area contributed by atoms with Gasteiger partial charge in [-0.2, -0.15) is 5.10 Å². The van der Waals surface area contributed by atoms with Crippen molar-refractivity contribution in [3.8, 4) is 5.69 Å². The number of aliphatic hydroxyl groups is 1. The molecule has 5 nitrogen and oxygen atoms in total. The molecule has 0 radical (unpaired) electrons. The van der Waals surface area contributed by atoms with Crippen LogP contribution in [0.3, 0.4) is 0 Å². The monoisotopic (exact) mass is 315 g/mol. The fourth-order valence-electron chi connectivity index (χ4n) is 2.60. The van der Waals surface area contributed by atoms with Crippen LogP contribution < -0.4 is 5.32 Å². The van der Waals surface area contributed by atoms with Crippen LogP contribution in [0.5, 0.6) is 0 Å². The van der Waals surface area contributed by atoms with Crippen molar-refractivity contribution in [1.29, 1.82) is 0 Å². The van der Waals surface area contributed by atoms with Crippen molar-refractivity contribution in [3.63, 3.8) is 0 Å². The van der Waals surface area contributed by atoms with Crippen molar-refractivity contribution >= 4 is 5.91 Å². The van der Waals surface area contributed by atoms with E-state index in [4.69, 9.17) is 0 Å². The summed E-state index contributed by atoms with van der Waals surface area (Å²) in [4.78, 5) is 12.3. The number of rotatable bonds is 6. The molecule has 0 aliphatic carbocycles. The molecule has 1 amide bonds. The van der Waals surface area contributed by atoms with Crippen molar-refractivity contribution in [1.82, 2.24) is 15.1 Å². The maximum atomic E-state index is 12.3. The van der Waals surface area contributed by atoms with E-state index in [9.17, 15) is 9.90 Å². The fraction of sp³-hybridized carbons (Fsp3) is 0.444. The minimum absolute atomic E-state index is 0.138. The number of aliphatic hydroxyl groups excluding tert-OH is 1. The molecule has 0 aliphatic heterocycles. The van der Waals surface area contributed by atoms with Gasteiger partial charge in [-0.05, 0) is 36.2 Å². The van der Waals surface area contributed by atoms with Gasteiger partial charge in [0, 0.05) is 29.9 Å². The third-order valence-corrected chi connectivity index (χ3v) is 4.04. The number of aromatic nitrogens is 2. The average molecular weight is 315 g/mol. The lowest BCUT2D eigenvalue weighted by Crippen LogP contribution is -2.43. The zero-order chi connectivity index (χ0) is 17.0. The lowest BCUT2D eigenvalue weighted by molar-refractivity contribution is 0.0138. The first kappa shape index (κ1) is 17.2. The second-order valence-electron chi connectivity index (χ2n) is 6.86. The highest BCUT2D eigenvalue weighted by Crippen LogP contribution is 2.25. The Hall–Kier alpha value is -2.14. The molecule has 1 unspecified atom stereocenters. The molecule has 0 bridgehead atoms. The van der Waals surface area contributed by atoms with Crippen molar-refractivity contribution in [2.24, 2.45) is 11.3 Å². The highest BCUT2D eigenvalue weighted by molar-refractivity contribution is 5.94. The molecular formula is C18H25N3O2. The third kappa shape index (κ3) is 4.20. The van der Waals surface area contributed by atoms with E-state index in [-0.39, 0.29) is 17.2 Å². The van der Waals surface area contributed by atoms with E-state index in [1.165, 1.54) is 0 Å². The molecule has 5 heteroatoms. The number of hydrogen-bond acceptors (Lipinski definition) is 3. The minimum atomic E-state index is -0.468. The van der Waals surface area contributed by atoms with Crippen LogP contribution in [-0.4, -0.2) is 33.4 Å². The van der Waals surface area contributed by atoms with Gasteiger partial charge in [-0.3, -0.25) is 4.79 Å². The van der Waals surface area contributed by atoms with E-state index in [1.54, 1.807) is 23.0 Å². The molecule has 2 rings (SSSR count). The minimum Gasteiger partial charge on any atom is -0.392 e. The third-order valence-electron chi connectivity index (χ3n) is 4.04. The predicted octanol–water partition coefficient (Wildman–Crippen LogP) is 2.65. The van der Waals surface area contributed by atoms with Crippen LogP contribution in [-0.2, 0) is 0 Å². The predicted molar refractivity (Wildman–Crippen MR) is 90.5 cm³/mol. The number of nitrogens with zero attached hydrogens (tertiary/aromatic N) is 2. The van der Waals surface area contributed by atoms with E-state index < -0.39 is 6.10 Å². The van der Waals surface area contributed by atoms with Gasteiger partial charge in [0.15, 0.2) is 0 Å². The van der Waals surface area contributed by atoms with Crippen LogP contribution in [0.2, 0.25) is 0 Å². The zero-order valence-corrected chi connectivity index (χ0v) is 14.2. The van der Waals surface area contributed by atoms with Crippen LogP contribution >= 0.6 is 0 Å². The summed E-state index contributed by atoms with van der Waals surface area (Å²) in [5, 5.41) is 17.3. The Morgan fingerprint density at radius 1 is 1.30 bits per heavy atom. The van der Waals surface area contributed by atoms with E-state index >= 15 is 0 Å². The standard InChI is InChI=1S/C18H25N3O2/c1-13(2)16(22)18(3,4)12-19-17(23)14-6-8-15(9-7-14)21-11-5-10-20-21/h5-11,13,16,22H,12H2,1-4H3,(H,19,23). The summed E-state index contributed by atoms with van der Waals surface area (Å²) in [5.74, 6) is 0.0105. The molecule has 124 valence electrons. The SMILES string of the molecule is CC(C)C(O)C(C)(C)CNC(=O)c1ccc(-n2cccn2)cc1. The van der Waals surface area contributed by atoms with Crippen molar-refractivity contribution in [2.45, 2.75) is 33.8 Å². The summed E-state index contributed by atoms with van der Waals surface area (Å²) >= 11 is 0. The van der Waals surface area contributed by atoms with Crippen molar-refractivity contribution in [3.05, 3.63) is 48.3 Å². The van der Waals surface area contributed by atoms with Gasteiger partial charge in [0.05, 0.1) is 11.8 Å². The number of benzene rings is 1. The van der Waals surface area contributed by atoms with E-state index in [1.807, 2.05) is 52.1 Å². The molecule has 0 saturated carbocycles. The maximum Gasteiger partial charge on any atom is 0.251 e. The maximum absolute atomic E-state index is 12.3. The number of amides is 1. The van der Waals surface area contributed by atoms with Crippen LogP contribution in [0.15, 0.2) is 42.7 Å². The topological polar surface area (TPSA) is 67.2 Å². The van der Waals surface area contributed by atoms with Gasteiger partial charge in [-0.25, -0.2) is 4.68 Å². The molecule has 1 atom stereocenters. The summed E-state index contributed by atoms with van der Waals surface area (Å²) in [6, 6.07) is 9.12. The molecular weight excluding hydrogens is 290 g/mol. The summed E-state index contributed by atoms with van der Waals surface area (Å²) in [6.45, 7) is 8.29. The molecule has 0 fully saturated rings. The van der Waals surface area contributed by atoms with Gasteiger partial charge in [0.1, 0.15) is 0 Å². The van der Waals surface area contributed by atoms with Gasteiger partial charge in [0.25, 0.3) is 5.91 Å². The summed E-state index contributed by atoms with van der Waals surface area (Å²) in [6.07, 6.45) is 3.10. The first-order valence-corrected chi connectivity index (χ1v) is 7.87. The molecule has 2 aromatic rings. The Morgan fingerprint density at radius 2 is 1.96 bits per heavy atom. The van der Waals surface area contributed by atoms with E-state index in [2.05, 4.69) is 10.4 Å². The molecule has 0 saturated heterocycles.